The van der Waals surface area contributed by atoms with E-state index in [4.69, 9.17) is 0 Å². The van der Waals surface area contributed by atoms with Gasteiger partial charge in [-0.25, -0.2) is 8.42 Å². The molecule has 0 saturated carbocycles. The molecule has 0 aromatic heterocycles. The fourth-order valence-corrected chi connectivity index (χ4v) is 3.76. The number of benzene rings is 1. The van der Waals surface area contributed by atoms with E-state index in [1.54, 1.807) is 13.1 Å². The number of sulfone groups is 1. The molecule has 1 heterocycles. The minimum Gasteiger partial charge on any atom is -0.371 e. The molecule has 1 N–H and O–H groups in total. The molecule has 1 aliphatic rings. The van der Waals surface area contributed by atoms with E-state index in [0.717, 1.165) is 19.1 Å². The maximum Gasteiger partial charge on any atom is 0.288 e. The summed E-state index contributed by atoms with van der Waals surface area (Å²) in [7, 11) is -2.08. The van der Waals surface area contributed by atoms with Crippen LogP contribution in [0.4, 0.5) is 11.4 Å². The molecule has 0 aliphatic carbocycles. The van der Waals surface area contributed by atoms with Gasteiger partial charge in [0.15, 0.2) is 9.84 Å². The van der Waals surface area contributed by atoms with Crippen molar-refractivity contribution in [3.05, 3.63) is 28.3 Å². The molecule has 0 unspecified atom stereocenters. The molecule has 1 saturated heterocycles. The van der Waals surface area contributed by atoms with Crippen LogP contribution in [-0.4, -0.2) is 45.6 Å². The third kappa shape index (κ3) is 4.22. The molecule has 8 nitrogen and oxygen atoms in total. The standard InChI is InChI=1S/C15H21N3O5S/c1-16-15(19)9-11-5-7-17(8-6-11)12-3-4-13(18(20)21)14(10-12)24(2,22)23/h3-4,10-11H,5-9H2,1-2H3,(H,16,19). The molecule has 1 aromatic carbocycles. The van der Waals surface area contributed by atoms with Crippen molar-refractivity contribution in [2.75, 3.05) is 31.3 Å². The van der Waals surface area contributed by atoms with Crippen LogP contribution in [0.25, 0.3) is 0 Å². The van der Waals surface area contributed by atoms with Crippen LogP contribution in [0, 0.1) is 16.0 Å². The van der Waals surface area contributed by atoms with Gasteiger partial charge >= 0.3 is 0 Å². The first kappa shape index (κ1) is 18.2. The highest BCUT2D eigenvalue weighted by atomic mass is 32.2. The lowest BCUT2D eigenvalue weighted by Gasteiger charge is -2.33. The number of carbonyl (C=O) groups is 1. The average molecular weight is 355 g/mol. The van der Waals surface area contributed by atoms with Crippen LogP contribution >= 0.6 is 0 Å². The van der Waals surface area contributed by atoms with Gasteiger partial charge in [0.1, 0.15) is 4.90 Å². The molecule has 132 valence electrons. The summed E-state index contributed by atoms with van der Waals surface area (Å²) in [6, 6.07) is 4.18. The molecule has 0 radical (unpaired) electrons. The first-order valence-corrected chi connectivity index (χ1v) is 9.55. The summed E-state index contributed by atoms with van der Waals surface area (Å²) < 4.78 is 23.7. The number of carbonyl (C=O) groups excluding carboxylic acids is 1. The fraction of sp³-hybridized carbons (Fsp3) is 0.533. The highest BCUT2D eigenvalue weighted by Crippen LogP contribution is 2.31. The molecule has 0 bridgehead atoms. The van der Waals surface area contributed by atoms with Crippen LogP contribution in [0.3, 0.4) is 0 Å². The number of nitro benzene ring substituents is 1. The van der Waals surface area contributed by atoms with Crippen molar-refractivity contribution in [3.8, 4) is 0 Å². The van der Waals surface area contributed by atoms with E-state index in [0.29, 0.717) is 31.1 Å². The lowest BCUT2D eigenvalue weighted by Crippen LogP contribution is -2.35. The Balaban J connectivity index is 2.17. The van der Waals surface area contributed by atoms with E-state index in [2.05, 4.69) is 5.32 Å². The van der Waals surface area contributed by atoms with Crippen molar-refractivity contribution in [2.45, 2.75) is 24.2 Å². The smallest absolute Gasteiger partial charge is 0.288 e. The molecule has 24 heavy (non-hydrogen) atoms. The van der Waals surface area contributed by atoms with Crippen LogP contribution < -0.4 is 10.2 Å². The van der Waals surface area contributed by atoms with Crippen molar-refractivity contribution in [1.82, 2.24) is 5.32 Å². The second kappa shape index (κ2) is 7.16. The van der Waals surface area contributed by atoms with Crippen molar-refractivity contribution < 1.29 is 18.1 Å². The lowest BCUT2D eigenvalue weighted by molar-refractivity contribution is -0.387. The Labute approximate surface area is 140 Å². The quantitative estimate of drug-likeness (QED) is 0.631. The Morgan fingerprint density at radius 1 is 1.38 bits per heavy atom. The van der Waals surface area contributed by atoms with E-state index in [1.165, 1.54) is 12.1 Å². The highest BCUT2D eigenvalue weighted by Gasteiger charge is 2.26. The normalized spacial score (nSPS) is 16.0. The SMILES string of the molecule is CNC(=O)CC1CCN(c2ccc([N+](=O)[O-])c(S(C)(=O)=O)c2)CC1. The second-order valence-electron chi connectivity index (χ2n) is 5.99. The Bertz CT molecular complexity index is 739. The number of hydrogen-bond acceptors (Lipinski definition) is 6. The minimum absolute atomic E-state index is 0.0168. The zero-order valence-electron chi connectivity index (χ0n) is 13.7. The highest BCUT2D eigenvalue weighted by molar-refractivity contribution is 7.90. The predicted octanol–water partition coefficient (Wildman–Crippen LogP) is 1.35. The van der Waals surface area contributed by atoms with Crippen LogP contribution in [-0.2, 0) is 14.6 Å². The van der Waals surface area contributed by atoms with Crippen LogP contribution in [0.15, 0.2) is 23.1 Å². The van der Waals surface area contributed by atoms with Crippen LogP contribution in [0.5, 0.6) is 0 Å². The predicted molar refractivity (Wildman–Crippen MR) is 89.8 cm³/mol. The van der Waals surface area contributed by atoms with Gasteiger partial charge in [-0.15, -0.1) is 0 Å². The summed E-state index contributed by atoms with van der Waals surface area (Å²) in [6.45, 7) is 1.37. The van der Waals surface area contributed by atoms with Crippen LogP contribution in [0.1, 0.15) is 19.3 Å². The third-order valence-electron chi connectivity index (χ3n) is 4.27. The van der Waals surface area contributed by atoms with Crippen molar-refractivity contribution in [3.63, 3.8) is 0 Å². The summed E-state index contributed by atoms with van der Waals surface area (Å²) in [6.07, 6.45) is 3.09. The maximum atomic E-state index is 11.8. The van der Waals surface area contributed by atoms with E-state index < -0.39 is 20.4 Å². The Morgan fingerprint density at radius 3 is 2.50 bits per heavy atom. The number of amides is 1. The number of rotatable bonds is 5. The van der Waals surface area contributed by atoms with E-state index >= 15 is 0 Å². The molecule has 0 atom stereocenters. The van der Waals surface area contributed by atoms with Gasteiger partial charge in [-0.3, -0.25) is 14.9 Å². The zero-order valence-corrected chi connectivity index (χ0v) is 14.5. The first-order chi connectivity index (χ1) is 11.2. The number of hydrogen-bond donors (Lipinski definition) is 1. The summed E-state index contributed by atoms with van der Waals surface area (Å²) in [4.78, 5) is 23.5. The zero-order chi connectivity index (χ0) is 17.9. The molecule has 9 heteroatoms. The molecule has 1 amide bonds. The minimum atomic E-state index is -3.69. The van der Waals surface area contributed by atoms with Crippen molar-refractivity contribution in [1.29, 1.82) is 0 Å². The van der Waals surface area contributed by atoms with Gasteiger partial charge < -0.3 is 10.2 Å². The Morgan fingerprint density at radius 2 is 2.00 bits per heavy atom. The van der Waals surface area contributed by atoms with Crippen molar-refractivity contribution >= 4 is 27.1 Å². The fourth-order valence-electron chi connectivity index (χ4n) is 2.91. The van der Waals surface area contributed by atoms with Gasteiger partial charge in [-0.05, 0) is 30.9 Å². The van der Waals surface area contributed by atoms with Gasteiger partial charge in [0.2, 0.25) is 5.91 Å². The number of nitro groups is 1. The molecule has 1 aliphatic heterocycles. The first-order valence-electron chi connectivity index (χ1n) is 7.66. The molecular weight excluding hydrogens is 334 g/mol. The largest absolute Gasteiger partial charge is 0.371 e. The van der Waals surface area contributed by atoms with Gasteiger partial charge in [0.05, 0.1) is 4.92 Å². The topological polar surface area (TPSA) is 110 Å². The molecule has 0 spiro atoms. The monoisotopic (exact) mass is 355 g/mol. The summed E-state index contributed by atoms with van der Waals surface area (Å²) in [5.74, 6) is 0.316. The Hall–Kier alpha value is -2.16. The summed E-state index contributed by atoms with van der Waals surface area (Å²) in [5.41, 5.74) is 0.246. The van der Waals surface area contributed by atoms with Crippen molar-refractivity contribution in [2.24, 2.45) is 5.92 Å². The molecule has 1 fully saturated rings. The third-order valence-corrected chi connectivity index (χ3v) is 5.40. The van der Waals surface area contributed by atoms with E-state index in [-0.39, 0.29) is 10.8 Å². The molecule has 2 rings (SSSR count). The number of nitrogens with one attached hydrogen (secondary N) is 1. The van der Waals surface area contributed by atoms with Gasteiger partial charge in [0.25, 0.3) is 5.69 Å². The average Bonchev–Trinajstić information content (AvgIpc) is 2.54. The molecule has 1 aromatic rings. The van der Waals surface area contributed by atoms with Crippen LogP contribution in [0.2, 0.25) is 0 Å². The van der Waals surface area contributed by atoms with E-state index in [9.17, 15) is 23.3 Å². The van der Waals surface area contributed by atoms with Gasteiger partial charge in [-0.1, -0.05) is 0 Å². The second-order valence-corrected chi connectivity index (χ2v) is 7.97. The molecular formula is C15H21N3O5S. The number of anilines is 1. The summed E-state index contributed by atoms with van der Waals surface area (Å²) >= 11 is 0. The lowest BCUT2D eigenvalue weighted by atomic mass is 9.93. The number of nitrogens with zero attached hydrogens (tertiary/aromatic N) is 2. The summed E-state index contributed by atoms with van der Waals surface area (Å²) in [5, 5.41) is 13.6. The van der Waals surface area contributed by atoms with Gasteiger partial charge in [-0.2, -0.15) is 0 Å². The maximum absolute atomic E-state index is 11.8. The Kier molecular flexibility index (Phi) is 5.43. The van der Waals surface area contributed by atoms with Gasteiger partial charge in [0, 0.05) is 44.6 Å². The van der Waals surface area contributed by atoms with E-state index in [1.807, 2.05) is 4.90 Å². The number of piperidine rings is 1.